The first kappa shape index (κ1) is 12.8. The molecule has 0 amide bonds. The zero-order valence-corrected chi connectivity index (χ0v) is 12.3. The molecule has 4 rings (SSSR count). The van der Waals surface area contributed by atoms with E-state index in [0.717, 1.165) is 18.4 Å². The molecule has 1 spiro atoms. The lowest BCUT2D eigenvalue weighted by atomic mass is 9.54. The number of nitrogens with one attached hydrogen (secondary N) is 1. The van der Waals surface area contributed by atoms with Crippen LogP contribution < -0.4 is 5.32 Å². The van der Waals surface area contributed by atoms with Crippen molar-refractivity contribution in [3.8, 4) is 0 Å². The van der Waals surface area contributed by atoms with Crippen LogP contribution in [0.3, 0.4) is 0 Å². The molecule has 2 heteroatoms. The summed E-state index contributed by atoms with van der Waals surface area (Å²) in [5, 5.41) is 14.1. The van der Waals surface area contributed by atoms with Crippen LogP contribution in [0.4, 0.5) is 0 Å². The van der Waals surface area contributed by atoms with Crippen molar-refractivity contribution in [3.05, 3.63) is 35.9 Å². The van der Waals surface area contributed by atoms with Crippen LogP contribution in [0, 0.1) is 22.7 Å². The molecule has 2 N–H and O–H groups in total. The van der Waals surface area contributed by atoms with Gasteiger partial charge in [-0.2, -0.15) is 0 Å². The predicted molar refractivity (Wildman–Crippen MR) is 79.9 cm³/mol. The van der Waals surface area contributed by atoms with Gasteiger partial charge in [0.15, 0.2) is 0 Å². The molecule has 3 aliphatic rings. The highest BCUT2D eigenvalue weighted by atomic mass is 16.3. The Balaban J connectivity index is 1.43. The van der Waals surface area contributed by atoms with Crippen LogP contribution in [-0.4, -0.2) is 11.3 Å². The molecule has 3 saturated carbocycles. The third-order valence-corrected chi connectivity index (χ3v) is 6.58. The second-order valence-electron chi connectivity index (χ2n) is 7.66. The van der Waals surface area contributed by atoms with Crippen LogP contribution in [0.1, 0.15) is 44.6 Å². The fraction of sp³-hybridized carbons (Fsp3) is 0.667. The lowest BCUT2D eigenvalue weighted by Gasteiger charge is -2.51. The van der Waals surface area contributed by atoms with Gasteiger partial charge in [-0.25, -0.2) is 0 Å². The smallest absolute Gasteiger partial charge is 0.110 e. The molecule has 20 heavy (non-hydrogen) atoms. The fourth-order valence-electron chi connectivity index (χ4n) is 5.65. The van der Waals surface area contributed by atoms with E-state index in [1.807, 2.05) is 6.07 Å². The topological polar surface area (TPSA) is 32.3 Å². The minimum atomic E-state index is -0.333. The van der Waals surface area contributed by atoms with Crippen molar-refractivity contribution in [2.24, 2.45) is 22.7 Å². The minimum absolute atomic E-state index is 0.171. The second-order valence-corrected chi connectivity index (χ2v) is 7.66. The molecule has 2 nitrogen and oxygen atoms in total. The maximum absolute atomic E-state index is 10.7. The van der Waals surface area contributed by atoms with Gasteiger partial charge in [-0.15, -0.1) is 0 Å². The van der Waals surface area contributed by atoms with E-state index in [0.29, 0.717) is 5.41 Å². The lowest BCUT2D eigenvalue weighted by Crippen LogP contribution is -2.45. The van der Waals surface area contributed by atoms with Crippen molar-refractivity contribution in [1.29, 1.82) is 0 Å². The highest BCUT2D eigenvalue weighted by Gasteiger charge is 2.67. The summed E-state index contributed by atoms with van der Waals surface area (Å²) in [6.45, 7) is 3.17. The molecule has 0 heterocycles. The van der Waals surface area contributed by atoms with Gasteiger partial charge in [0.05, 0.1) is 0 Å². The van der Waals surface area contributed by atoms with E-state index in [-0.39, 0.29) is 11.6 Å². The molecule has 1 aromatic rings. The third kappa shape index (κ3) is 1.71. The molecule has 0 aliphatic heterocycles. The Morgan fingerprint density at radius 3 is 2.75 bits per heavy atom. The number of benzene rings is 1. The summed E-state index contributed by atoms with van der Waals surface area (Å²) >= 11 is 0. The zero-order valence-electron chi connectivity index (χ0n) is 12.3. The minimum Gasteiger partial charge on any atom is -0.378 e. The highest BCUT2D eigenvalue weighted by Crippen LogP contribution is 2.74. The average molecular weight is 271 g/mol. The van der Waals surface area contributed by atoms with Gasteiger partial charge in [0, 0.05) is 12.0 Å². The maximum atomic E-state index is 10.7. The predicted octanol–water partition coefficient (Wildman–Crippen LogP) is 3.31. The summed E-state index contributed by atoms with van der Waals surface area (Å²) in [6.07, 6.45) is 6.16. The summed E-state index contributed by atoms with van der Waals surface area (Å²) in [5.74, 6) is 1.78. The van der Waals surface area contributed by atoms with Gasteiger partial charge in [0.1, 0.15) is 6.23 Å². The number of aliphatic hydroxyl groups excluding tert-OH is 1. The fourth-order valence-corrected chi connectivity index (χ4v) is 5.65. The van der Waals surface area contributed by atoms with Gasteiger partial charge < -0.3 is 5.11 Å². The van der Waals surface area contributed by atoms with Crippen molar-refractivity contribution in [2.45, 2.75) is 51.8 Å². The molecule has 0 saturated heterocycles. The Hall–Kier alpha value is -0.860. The summed E-state index contributed by atoms with van der Waals surface area (Å²) in [7, 11) is 0. The molecule has 5 unspecified atom stereocenters. The van der Waals surface area contributed by atoms with E-state index in [9.17, 15) is 5.11 Å². The molecule has 3 fully saturated rings. The maximum Gasteiger partial charge on any atom is 0.110 e. The number of hydrogen-bond donors (Lipinski definition) is 2. The lowest BCUT2D eigenvalue weighted by molar-refractivity contribution is -0.0351. The Kier molecular flexibility index (Phi) is 2.77. The summed E-state index contributed by atoms with van der Waals surface area (Å²) in [6, 6.07) is 10.4. The average Bonchev–Trinajstić information content (AvgIpc) is 2.98. The molecule has 2 bridgehead atoms. The standard InChI is InChI=1S/C18H25NO/c1-13-9-17-7-8-18(12-17,10-15(13)17)16(20)19-11-14-5-3-2-4-6-14/h2-6,13,15-16,19-20H,7-12H2,1H3. The number of aliphatic hydroxyl groups is 1. The Bertz CT molecular complexity index is 501. The number of rotatable bonds is 4. The number of fused-ring (bicyclic) bond motifs is 1. The van der Waals surface area contributed by atoms with Crippen LogP contribution in [0.25, 0.3) is 0 Å². The van der Waals surface area contributed by atoms with E-state index in [1.54, 1.807) is 0 Å². The van der Waals surface area contributed by atoms with E-state index in [1.165, 1.54) is 37.7 Å². The molecule has 0 radical (unpaired) electrons. The van der Waals surface area contributed by atoms with Crippen LogP contribution in [0.2, 0.25) is 0 Å². The molecular formula is C18H25NO. The van der Waals surface area contributed by atoms with Crippen molar-refractivity contribution in [1.82, 2.24) is 5.32 Å². The van der Waals surface area contributed by atoms with Crippen molar-refractivity contribution in [2.75, 3.05) is 0 Å². The first-order valence-corrected chi connectivity index (χ1v) is 8.09. The first-order chi connectivity index (χ1) is 9.64. The van der Waals surface area contributed by atoms with Crippen LogP contribution in [0.15, 0.2) is 30.3 Å². The van der Waals surface area contributed by atoms with E-state index >= 15 is 0 Å². The van der Waals surface area contributed by atoms with Crippen molar-refractivity contribution < 1.29 is 5.11 Å². The highest BCUT2D eigenvalue weighted by molar-refractivity contribution is 5.18. The van der Waals surface area contributed by atoms with Gasteiger partial charge in [0.2, 0.25) is 0 Å². The molecule has 3 aliphatic carbocycles. The molecule has 0 aromatic heterocycles. The summed E-state index contributed by atoms with van der Waals surface area (Å²) in [4.78, 5) is 0. The summed E-state index contributed by atoms with van der Waals surface area (Å²) < 4.78 is 0. The molecule has 108 valence electrons. The Morgan fingerprint density at radius 1 is 1.25 bits per heavy atom. The van der Waals surface area contributed by atoms with Gasteiger partial charge in [-0.3, -0.25) is 5.32 Å². The first-order valence-electron chi connectivity index (χ1n) is 8.09. The SMILES string of the molecule is CC1CC23CCC(C(O)NCc4ccccc4)(CC12)C3. The van der Waals surface area contributed by atoms with Gasteiger partial charge in [0.25, 0.3) is 0 Å². The molecular weight excluding hydrogens is 246 g/mol. The van der Waals surface area contributed by atoms with E-state index in [2.05, 4.69) is 36.5 Å². The molecule has 5 atom stereocenters. The molecule has 1 aromatic carbocycles. The van der Waals surface area contributed by atoms with Crippen LogP contribution in [0.5, 0.6) is 0 Å². The van der Waals surface area contributed by atoms with Crippen LogP contribution in [-0.2, 0) is 6.54 Å². The van der Waals surface area contributed by atoms with Crippen LogP contribution >= 0.6 is 0 Å². The normalized spacial score (nSPS) is 43.1. The zero-order chi connectivity index (χ0) is 13.8. The van der Waals surface area contributed by atoms with Crippen molar-refractivity contribution >= 4 is 0 Å². The van der Waals surface area contributed by atoms with Gasteiger partial charge >= 0.3 is 0 Å². The van der Waals surface area contributed by atoms with Gasteiger partial charge in [-0.1, -0.05) is 37.3 Å². The number of hydrogen-bond acceptors (Lipinski definition) is 2. The van der Waals surface area contributed by atoms with E-state index in [4.69, 9.17) is 0 Å². The van der Waals surface area contributed by atoms with E-state index < -0.39 is 0 Å². The second kappa shape index (κ2) is 4.32. The third-order valence-electron chi connectivity index (χ3n) is 6.58. The largest absolute Gasteiger partial charge is 0.378 e. The monoisotopic (exact) mass is 271 g/mol. The Morgan fingerprint density at radius 2 is 2.05 bits per heavy atom. The van der Waals surface area contributed by atoms with Gasteiger partial charge in [-0.05, 0) is 54.9 Å². The quantitative estimate of drug-likeness (QED) is 0.823. The van der Waals surface area contributed by atoms with Crippen molar-refractivity contribution in [3.63, 3.8) is 0 Å². The summed E-state index contributed by atoms with van der Waals surface area (Å²) in [5.41, 5.74) is 2.05. The Labute approximate surface area is 121 Å².